The van der Waals surface area contributed by atoms with E-state index >= 15 is 0 Å². The van der Waals surface area contributed by atoms with Crippen molar-refractivity contribution in [3.8, 4) is 0 Å². The molecule has 1 N–H and O–H groups in total. The van der Waals surface area contributed by atoms with E-state index in [9.17, 15) is 5.11 Å². The fourth-order valence-electron chi connectivity index (χ4n) is 5.03. The van der Waals surface area contributed by atoms with Crippen LogP contribution in [0.2, 0.25) is 0 Å². The molecule has 2 aromatic rings. The van der Waals surface area contributed by atoms with E-state index in [0.717, 1.165) is 45.2 Å². The highest BCUT2D eigenvalue weighted by Crippen LogP contribution is 2.51. The number of aliphatic hydroxyl groups is 1. The summed E-state index contributed by atoms with van der Waals surface area (Å²) >= 11 is 0. The van der Waals surface area contributed by atoms with Gasteiger partial charge in [-0.1, -0.05) is 42.5 Å². The van der Waals surface area contributed by atoms with Crippen LogP contribution in [0.25, 0.3) is 5.57 Å². The van der Waals surface area contributed by atoms with Crippen LogP contribution in [0.3, 0.4) is 0 Å². The second-order valence-electron chi connectivity index (χ2n) is 8.69. The minimum atomic E-state index is -0.529. The third-order valence-corrected chi connectivity index (χ3v) is 6.70. The van der Waals surface area contributed by atoms with Crippen molar-refractivity contribution >= 4 is 5.57 Å². The summed E-state index contributed by atoms with van der Waals surface area (Å²) in [6.45, 7) is 2.02. The van der Waals surface area contributed by atoms with Crippen molar-refractivity contribution in [3.05, 3.63) is 72.1 Å². The van der Waals surface area contributed by atoms with Crippen LogP contribution in [0.5, 0.6) is 0 Å². The molecule has 2 bridgehead atoms. The van der Waals surface area contributed by atoms with E-state index in [2.05, 4.69) is 59.4 Å². The van der Waals surface area contributed by atoms with Gasteiger partial charge in [0.1, 0.15) is 0 Å². The molecule has 5 rings (SSSR count). The topological polar surface area (TPSA) is 36.4 Å². The largest absolute Gasteiger partial charge is 0.389 e. The maximum Gasteiger partial charge on any atom is 0.0728 e. The number of nitrogens with zero attached hydrogens (tertiary/aromatic N) is 2. The molecule has 3 heteroatoms. The predicted octanol–water partition coefficient (Wildman–Crippen LogP) is 4.58. The van der Waals surface area contributed by atoms with Gasteiger partial charge in [0.15, 0.2) is 0 Å². The molecule has 1 aromatic carbocycles. The number of pyridine rings is 1. The van der Waals surface area contributed by atoms with Crippen LogP contribution in [-0.4, -0.2) is 40.7 Å². The van der Waals surface area contributed by atoms with Gasteiger partial charge < -0.3 is 10.0 Å². The maximum absolute atomic E-state index is 11.4. The first-order chi connectivity index (χ1) is 13.6. The third-order valence-electron chi connectivity index (χ3n) is 6.70. The van der Waals surface area contributed by atoms with Gasteiger partial charge in [-0.3, -0.25) is 4.98 Å². The highest BCUT2D eigenvalue weighted by atomic mass is 16.3. The van der Waals surface area contributed by atoms with E-state index in [1.807, 2.05) is 18.5 Å². The van der Waals surface area contributed by atoms with Gasteiger partial charge in [0, 0.05) is 24.9 Å². The smallest absolute Gasteiger partial charge is 0.0728 e. The van der Waals surface area contributed by atoms with Crippen molar-refractivity contribution in [1.29, 1.82) is 0 Å². The summed E-state index contributed by atoms with van der Waals surface area (Å²) in [5.41, 5.74) is 3.58. The SMILES string of the molecule is CN(CCCc1cccnc1)CC[C@@]1(O)C[C@@H]2CC[C@H]1C=C2c1ccccc1. The quantitative estimate of drug-likeness (QED) is 0.732. The number of aryl methyl sites for hydroxylation is 1. The van der Waals surface area contributed by atoms with Crippen LogP contribution in [0.4, 0.5) is 0 Å². The minimum Gasteiger partial charge on any atom is -0.389 e. The number of aromatic nitrogens is 1. The number of allylic oxidation sites excluding steroid dienone is 1. The number of fused-ring (bicyclic) bond motifs is 2. The first kappa shape index (κ1) is 19.4. The Labute approximate surface area is 169 Å². The van der Waals surface area contributed by atoms with Crippen molar-refractivity contribution in [2.24, 2.45) is 11.8 Å². The average molecular weight is 377 g/mol. The molecule has 1 fully saturated rings. The zero-order chi connectivity index (χ0) is 19.4. The Kier molecular flexibility index (Phi) is 5.93. The molecule has 3 aliphatic rings. The molecule has 148 valence electrons. The van der Waals surface area contributed by atoms with Gasteiger partial charge in [0.25, 0.3) is 0 Å². The van der Waals surface area contributed by atoms with Crippen LogP contribution in [0.15, 0.2) is 60.9 Å². The molecule has 3 atom stereocenters. The number of hydrogen-bond acceptors (Lipinski definition) is 3. The molecular weight excluding hydrogens is 344 g/mol. The summed E-state index contributed by atoms with van der Waals surface area (Å²) < 4.78 is 0. The van der Waals surface area contributed by atoms with E-state index < -0.39 is 5.60 Å². The second-order valence-corrected chi connectivity index (χ2v) is 8.69. The second kappa shape index (κ2) is 8.59. The number of hydrogen-bond donors (Lipinski definition) is 1. The van der Waals surface area contributed by atoms with Crippen LogP contribution in [0.1, 0.15) is 43.2 Å². The average Bonchev–Trinajstić information content (AvgIpc) is 2.74. The van der Waals surface area contributed by atoms with Crippen molar-refractivity contribution in [2.75, 3.05) is 20.1 Å². The first-order valence-electron chi connectivity index (χ1n) is 10.7. The molecule has 0 amide bonds. The molecule has 0 saturated heterocycles. The summed E-state index contributed by atoms with van der Waals surface area (Å²) in [6.07, 6.45) is 12.5. The Morgan fingerprint density at radius 3 is 2.68 bits per heavy atom. The molecule has 0 spiro atoms. The van der Waals surface area contributed by atoms with Crippen molar-refractivity contribution in [1.82, 2.24) is 9.88 Å². The fraction of sp³-hybridized carbons (Fsp3) is 0.480. The van der Waals surface area contributed by atoms with Gasteiger partial charge in [-0.25, -0.2) is 0 Å². The monoisotopic (exact) mass is 376 g/mol. The Hall–Kier alpha value is -1.97. The van der Waals surface area contributed by atoms with Crippen molar-refractivity contribution in [3.63, 3.8) is 0 Å². The summed E-state index contributed by atoms with van der Waals surface area (Å²) in [5.74, 6) is 0.810. The van der Waals surface area contributed by atoms with E-state index in [1.54, 1.807) is 0 Å². The van der Waals surface area contributed by atoms with E-state index in [0.29, 0.717) is 11.8 Å². The Bertz CT molecular complexity index is 789. The summed E-state index contributed by atoms with van der Waals surface area (Å²) in [4.78, 5) is 6.56. The molecular formula is C25H32N2O. The fourth-order valence-corrected chi connectivity index (χ4v) is 5.03. The van der Waals surface area contributed by atoms with Gasteiger partial charge >= 0.3 is 0 Å². The van der Waals surface area contributed by atoms with E-state index in [4.69, 9.17) is 0 Å². The van der Waals surface area contributed by atoms with E-state index in [-0.39, 0.29) is 0 Å². The van der Waals surface area contributed by atoms with Crippen LogP contribution < -0.4 is 0 Å². The molecule has 28 heavy (non-hydrogen) atoms. The molecule has 1 heterocycles. The zero-order valence-electron chi connectivity index (χ0n) is 16.9. The van der Waals surface area contributed by atoms with Crippen LogP contribution >= 0.6 is 0 Å². The zero-order valence-corrected chi connectivity index (χ0v) is 16.9. The molecule has 1 aromatic heterocycles. The summed E-state index contributed by atoms with van der Waals surface area (Å²) in [5, 5.41) is 11.4. The first-order valence-corrected chi connectivity index (χ1v) is 10.7. The van der Waals surface area contributed by atoms with Gasteiger partial charge in [-0.05, 0) is 80.8 Å². The summed E-state index contributed by atoms with van der Waals surface area (Å²) in [7, 11) is 2.18. The summed E-state index contributed by atoms with van der Waals surface area (Å²) in [6, 6.07) is 14.9. The lowest BCUT2D eigenvalue weighted by atomic mass is 9.61. The van der Waals surface area contributed by atoms with Gasteiger partial charge in [-0.2, -0.15) is 0 Å². The van der Waals surface area contributed by atoms with Gasteiger partial charge in [0.05, 0.1) is 5.60 Å². The highest BCUT2D eigenvalue weighted by molar-refractivity contribution is 5.69. The molecule has 3 nitrogen and oxygen atoms in total. The molecule has 0 aliphatic heterocycles. The Morgan fingerprint density at radius 1 is 1.11 bits per heavy atom. The van der Waals surface area contributed by atoms with Crippen LogP contribution in [0, 0.1) is 11.8 Å². The molecule has 0 unspecified atom stereocenters. The lowest BCUT2D eigenvalue weighted by Gasteiger charge is -2.48. The van der Waals surface area contributed by atoms with Crippen molar-refractivity contribution < 1.29 is 5.11 Å². The highest BCUT2D eigenvalue weighted by Gasteiger charge is 2.46. The van der Waals surface area contributed by atoms with Gasteiger partial charge in [0.2, 0.25) is 0 Å². The third kappa shape index (κ3) is 4.37. The lowest BCUT2D eigenvalue weighted by Crippen LogP contribution is -2.48. The van der Waals surface area contributed by atoms with Crippen LogP contribution in [-0.2, 0) is 6.42 Å². The lowest BCUT2D eigenvalue weighted by molar-refractivity contribution is -0.0574. The number of benzene rings is 1. The van der Waals surface area contributed by atoms with E-state index in [1.165, 1.54) is 23.1 Å². The Morgan fingerprint density at radius 2 is 1.96 bits per heavy atom. The van der Waals surface area contributed by atoms with Gasteiger partial charge in [-0.15, -0.1) is 0 Å². The normalized spacial score (nSPS) is 26.5. The molecule has 0 radical (unpaired) electrons. The number of rotatable bonds is 8. The van der Waals surface area contributed by atoms with Crippen molar-refractivity contribution in [2.45, 2.75) is 44.1 Å². The Balaban J connectivity index is 1.30. The predicted molar refractivity (Wildman–Crippen MR) is 115 cm³/mol. The maximum atomic E-state index is 11.4. The standard InChI is InChI=1S/C25H32N2O/c1-27(15-6-8-20-7-5-14-26-19-20)16-13-25(28)18-22-11-12-23(25)17-24(22)21-9-3-2-4-10-21/h2-5,7,9-10,14,17,19,22-23,28H,6,8,11-13,15-16,18H2,1H3/t22-,23-,25+/m0/s1. The minimum absolute atomic E-state index is 0.302. The molecule has 3 aliphatic carbocycles. The molecule has 1 saturated carbocycles.